The second-order valence-corrected chi connectivity index (χ2v) is 3.78. The van der Waals surface area contributed by atoms with Gasteiger partial charge in [0, 0.05) is 0 Å². The van der Waals surface area contributed by atoms with Gasteiger partial charge >= 0.3 is 0 Å². The lowest BCUT2D eigenvalue weighted by Gasteiger charge is -2.18. The fraction of sp³-hybridized carbons (Fsp3) is 0.875. The Bertz CT molecular complexity index is 175. The Kier molecular flexibility index (Phi) is 1.92. The number of amides is 1. The summed E-state index contributed by atoms with van der Waals surface area (Å²) < 4.78 is 5.46. The summed E-state index contributed by atoms with van der Waals surface area (Å²) in [5.74, 6) is 0.252. The number of hydrogen-bond acceptors (Lipinski definition) is 2. The third-order valence-electron chi connectivity index (χ3n) is 1.71. The molecule has 1 saturated heterocycles. The molecule has 0 spiro atoms. The Morgan fingerprint density at radius 1 is 1.55 bits per heavy atom. The van der Waals surface area contributed by atoms with E-state index in [-0.39, 0.29) is 17.9 Å². The van der Waals surface area contributed by atoms with Crippen LogP contribution in [0.4, 0.5) is 0 Å². The summed E-state index contributed by atoms with van der Waals surface area (Å²) in [6.07, 6.45) is -0.273. The lowest BCUT2D eigenvalue weighted by Crippen LogP contribution is -2.35. The molecule has 1 aliphatic heterocycles. The van der Waals surface area contributed by atoms with Crippen LogP contribution in [0.25, 0.3) is 0 Å². The Labute approximate surface area is 67.1 Å². The quantitative estimate of drug-likeness (QED) is 0.614. The van der Waals surface area contributed by atoms with Crippen molar-refractivity contribution in [3.63, 3.8) is 0 Å². The summed E-state index contributed by atoms with van der Waals surface area (Å²) >= 11 is 0. The topological polar surface area (TPSA) is 38.3 Å². The molecule has 0 aromatic rings. The van der Waals surface area contributed by atoms with Crippen LogP contribution in [0.2, 0.25) is 0 Å². The number of nitrogens with one attached hydrogen (secondary N) is 1. The summed E-state index contributed by atoms with van der Waals surface area (Å²) in [6.45, 7) is 7.66. The minimum Gasteiger partial charge on any atom is -0.343 e. The van der Waals surface area contributed by atoms with Crippen molar-refractivity contribution in [3.05, 3.63) is 0 Å². The molecular formula is C8H15NO2. The Morgan fingerprint density at radius 3 is 2.27 bits per heavy atom. The normalized spacial score (nSPS) is 29.2. The molecule has 0 radical (unpaired) electrons. The van der Waals surface area contributed by atoms with Crippen LogP contribution in [0.3, 0.4) is 0 Å². The Morgan fingerprint density at radius 2 is 2.09 bits per heavy atom. The zero-order chi connectivity index (χ0) is 8.65. The summed E-state index contributed by atoms with van der Waals surface area (Å²) in [7, 11) is 0. The zero-order valence-corrected chi connectivity index (χ0v) is 7.47. The molecule has 64 valence electrons. The van der Waals surface area contributed by atoms with Gasteiger partial charge in [-0.2, -0.15) is 0 Å². The van der Waals surface area contributed by atoms with E-state index in [2.05, 4.69) is 5.32 Å². The molecular weight excluding hydrogens is 142 g/mol. The first-order chi connectivity index (χ1) is 4.92. The van der Waals surface area contributed by atoms with Crippen molar-refractivity contribution in [1.29, 1.82) is 0 Å². The predicted molar refractivity (Wildman–Crippen MR) is 41.9 cm³/mol. The molecule has 1 rings (SSSR count). The van der Waals surface area contributed by atoms with Crippen molar-refractivity contribution in [2.75, 3.05) is 0 Å². The zero-order valence-electron chi connectivity index (χ0n) is 7.47. The molecule has 0 aromatic carbocycles. The van der Waals surface area contributed by atoms with Crippen LogP contribution < -0.4 is 5.32 Å². The lowest BCUT2D eigenvalue weighted by molar-refractivity contribution is -0.126. The van der Waals surface area contributed by atoms with E-state index in [1.807, 2.05) is 27.7 Å². The average molecular weight is 157 g/mol. The summed E-state index contributed by atoms with van der Waals surface area (Å²) in [4.78, 5) is 11.2. The van der Waals surface area contributed by atoms with E-state index in [0.29, 0.717) is 0 Å². The van der Waals surface area contributed by atoms with E-state index in [4.69, 9.17) is 4.74 Å². The molecule has 1 amide bonds. The van der Waals surface area contributed by atoms with Gasteiger partial charge < -0.3 is 10.1 Å². The van der Waals surface area contributed by atoms with E-state index in [1.165, 1.54) is 0 Å². The second-order valence-electron chi connectivity index (χ2n) is 3.78. The van der Waals surface area contributed by atoms with Crippen LogP contribution in [-0.2, 0) is 9.53 Å². The van der Waals surface area contributed by atoms with Gasteiger partial charge in [-0.25, -0.2) is 0 Å². The van der Waals surface area contributed by atoms with Crippen LogP contribution >= 0.6 is 0 Å². The molecule has 0 aliphatic carbocycles. The summed E-state index contributed by atoms with van der Waals surface area (Å²) in [6, 6.07) is 0. The standard InChI is InChI=1S/C8H15NO2/c1-5(2)6-7(10)9-8(3,4)11-6/h5-6H,1-4H3,(H,9,10). The van der Waals surface area contributed by atoms with Gasteiger partial charge in [0.25, 0.3) is 5.91 Å². The van der Waals surface area contributed by atoms with E-state index in [0.717, 1.165) is 0 Å². The van der Waals surface area contributed by atoms with Crippen LogP contribution in [0, 0.1) is 5.92 Å². The molecule has 1 fully saturated rings. The monoisotopic (exact) mass is 157 g/mol. The van der Waals surface area contributed by atoms with Gasteiger partial charge in [-0.1, -0.05) is 13.8 Å². The maximum Gasteiger partial charge on any atom is 0.251 e. The molecule has 3 heteroatoms. The van der Waals surface area contributed by atoms with Gasteiger partial charge in [0.05, 0.1) is 0 Å². The van der Waals surface area contributed by atoms with Crippen molar-refractivity contribution in [2.45, 2.75) is 39.5 Å². The molecule has 11 heavy (non-hydrogen) atoms. The smallest absolute Gasteiger partial charge is 0.251 e. The molecule has 0 saturated carbocycles. The van der Waals surface area contributed by atoms with Gasteiger partial charge in [0.15, 0.2) is 0 Å². The third-order valence-corrected chi connectivity index (χ3v) is 1.71. The molecule has 1 unspecified atom stereocenters. The largest absolute Gasteiger partial charge is 0.343 e. The third kappa shape index (κ3) is 1.71. The fourth-order valence-corrected chi connectivity index (χ4v) is 1.21. The maximum atomic E-state index is 11.2. The highest BCUT2D eigenvalue weighted by molar-refractivity contribution is 5.83. The fourth-order valence-electron chi connectivity index (χ4n) is 1.21. The SMILES string of the molecule is CC(C)C1OC(C)(C)NC1=O. The van der Waals surface area contributed by atoms with Crippen molar-refractivity contribution in [1.82, 2.24) is 5.32 Å². The van der Waals surface area contributed by atoms with Crippen LogP contribution in [0.1, 0.15) is 27.7 Å². The first kappa shape index (κ1) is 8.53. The number of carbonyl (C=O) groups is 1. The highest BCUT2D eigenvalue weighted by Crippen LogP contribution is 2.21. The van der Waals surface area contributed by atoms with Crippen LogP contribution in [0.15, 0.2) is 0 Å². The van der Waals surface area contributed by atoms with Gasteiger partial charge in [0.1, 0.15) is 11.8 Å². The van der Waals surface area contributed by atoms with Gasteiger partial charge in [-0.3, -0.25) is 4.79 Å². The van der Waals surface area contributed by atoms with Crippen LogP contribution in [-0.4, -0.2) is 17.7 Å². The Balaban J connectivity index is 2.67. The van der Waals surface area contributed by atoms with Gasteiger partial charge in [-0.05, 0) is 19.8 Å². The molecule has 0 aromatic heterocycles. The first-order valence-electron chi connectivity index (χ1n) is 3.92. The number of hydrogen-bond donors (Lipinski definition) is 1. The summed E-state index contributed by atoms with van der Waals surface area (Å²) in [5.41, 5.74) is -0.480. The minimum atomic E-state index is -0.480. The van der Waals surface area contributed by atoms with Crippen LogP contribution in [0.5, 0.6) is 0 Å². The Hall–Kier alpha value is -0.570. The van der Waals surface area contributed by atoms with E-state index >= 15 is 0 Å². The van der Waals surface area contributed by atoms with Crippen molar-refractivity contribution >= 4 is 5.91 Å². The predicted octanol–water partition coefficient (Wildman–Crippen LogP) is 0.893. The lowest BCUT2D eigenvalue weighted by atomic mass is 10.1. The van der Waals surface area contributed by atoms with Gasteiger partial charge in [-0.15, -0.1) is 0 Å². The molecule has 1 aliphatic rings. The van der Waals surface area contributed by atoms with E-state index in [1.54, 1.807) is 0 Å². The molecule has 1 N–H and O–H groups in total. The maximum absolute atomic E-state index is 11.2. The summed E-state index contributed by atoms with van der Waals surface area (Å²) in [5, 5.41) is 2.76. The highest BCUT2D eigenvalue weighted by atomic mass is 16.5. The van der Waals surface area contributed by atoms with E-state index < -0.39 is 5.72 Å². The second kappa shape index (κ2) is 2.48. The minimum absolute atomic E-state index is 0.00463. The average Bonchev–Trinajstić information content (AvgIpc) is 2.05. The molecule has 1 heterocycles. The molecule has 0 bridgehead atoms. The highest BCUT2D eigenvalue weighted by Gasteiger charge is 2.39. The van der Waals surface area contributed by atoms with Gasteiger partial charge in [0.2, 0.25) is 0 Å². The van der Waals surface area contributed by atoms with Crippen molar-refractivity contribution < 1.29 is 9.53 Å². The van der Waals surface area contributed by atoms with Crippen molar-refractivity contribution in [2.24, 2.45) is 5.92 Å². The number of rotatable bonds is 1. The molecule has 3 nitrogen and oxygen atoms in total. The van der Waals surface area contributed by atoms with E-state index in [9.17, 15) is 4.79 Å². The number of ether oxygens (including phenoxy) is 1. The first-order valence-corrected chi connectivity index (χ1v) is 3.92. The number of carbonyl (C=O) groups excluding carboxylic acids is 1. The molecule has 1 atom stereocenters. The van der Waals surface area contributed by atoms with Crippen molar-refractivity contribution in [3.8, 4) is 0 Å².